The summed E-state index contributed by atoms with van der Waals surface area (Å²) >= 11 is 0. The highest BCUT2D eigenvalue weighted by Crippen LogP contribution is 2.37. The third kappa shape index (κ3) is 13.5. The Balaban J connectivity index is 1.55. The van der Waals surface area contributed by atoms with E-state index in [0.717, 1.165) is 22.3 Å². The zero-order valence-corrected chi connectivity index (χ0v) is 33.4. The number of hydrogen-bond donors (Lipinski definition) is 7. The largest absolute Gasteiger partial charge is 0.508 e. The van der Waals surface area contributed by atoms with Crippen molar-refractivity contribution < 1.29 is 29.0 Å². The number of primary amides is 1. The van der Waals surface area contributed by atoms with Crippen LogP contribution >= 0.6 is 0 Å². The highest BCUT2D eigenvalue weighted by Gasteiger charge is 2.36. The monoisotopic (exact) mass is 778 g/mol. The van der Waals surface area contributed by atoms with Gasteiger partial charge in [-0.1, -0.05) is 103 Å². The van der Waals surface area contributed by atoms with Gasteiger partial charge in [-0.25, -0.2) is 9.59 Å². The lowest BCUT2D eigenvalue weighted by atomic mass is 9.76. The number of hydrogen-bond acceptors (Lipinski definition) is 8. The smallest absolute Gasteiger partial charge is 0.329 e. The van der Waals surface area contributed by atoms with Crippen molar-refractivity contribution in [2.75, 3.05) is 13.1 Å². The SMILES string of the molecule is Cc1ccc(C(NCCCC[C@H](NC(=O)[C@@H](N)CCCNC(N)=O)C(=O)N[C@@H](Cc2ccc(O)cc2)C(=O)OC(C)(C)C)(c2ccccc2)c2ccccc2)cc1. The normalized spacial score (nSPS) is 13.1. The van der Waals surface area contributed by atoms with Gasteiger partial charge in [-0.05, 0) is 101 Å². The molecule has 4 rings (SSSR count). The number of unbranched alkanes of at least 4 members (excludes halogenated alkanes) is 1. The van der Waals surface area contributed by atoms with Gasteiger partial charge in [0.15, 0.2) is 0 Å². The van der Waals surface area contributed by atoms with Gasteiger partial charge in [-0.3, -0.25) is 14.9 Å². The molecule has 12 heteroatoms. The molecular weight excluding hydrogens is 721 g/mol. The Labute approximate surface area is 336 Å². The number of carbonyl (C=O) groups excluding carboxylic acids is 4. The van der Waals surface area contributed by atoms with Gasteiger partial charge in [-0.2, -0.15) is 0 Å². The average Bonchev–Trinajstić information content (AvgIpc) is 3.18. The second kappa shape index (κ2) is 21.0. The molecule has 0 heterocycles. The summed E-state index contributed by atoms with van der Waals surface area (Å²) in [4.78, 5) is 52.0. The summed E-state index contributed by atoms with van der Waals surface area (Å²) in [6.45, 7) is 8.10. The quantitative estimate of drug-likeness (QED) is 0.0366. The van der Waals surface area contributed by atoms with E-state index < -0.39 is 53.1 Å². The molecule has 304 valence electrons. The minimum atomic E-state index is -1.08. The first kappa shape index (κ1) is 44.0. The first-order valence-electron chi connectivity index (χ1n) is 19.5. The summed E-state index contributed by atoms with van der Waals surface area (Å²) in [5.41, 5.74) is 15.0. The summed E-state index contributed by atoms with van der Waals surface area (Å²) in [6.07, 6.45) is 2.17. The van der Waals surface area contributed by atoms with Crippen molar-refractivity contribution in [2.24, 2.45) is 11.5 Å². The number of nitrogens with one attached hydrogen (secondary N) is 4. The molecule has 12 nitrogen and oxygen atoms in total. The van der Waals surface area contributed by atoms with Crippen LogP contribution in [0, 0.1) is 6.92 Å². The topological polar surface area (TPSA) is 198 Å². The molecule has 0 unspecified atom stereocenters. The molecule has 0 aromatic heterocycles. The number of benzene rings is 4. The molecule has 9 N–H and O–H groups in total. The molecule has 4 amide bonds. The van der Waals surface area contributed by atoms with Crippen LogP contribution in [0.1, 0.15) is 80.7 Å². The minimum Gasteiger partial charge on any atom is -0.508 e. The van der Waals surface area contributed by atoms with E-state index in [1.807, 2.05) is 36.4 Å². The van der Waals surface area contributed by atoms with Gasteiger partial charge in [0.05, 0.1) is 11.6 Å². The van der Waals surface area contributed by atoms with Crippen molar-refractivity contribution in [3.8, 4) is 5.75 Å². The number of aromatic hydroxyl groups is 1. The number of rotatable bonds is 20. The van der Waals surface area contributed by atoms with E-state index in [4.69, 9.17) is 16.2 Å². The molecule has 0 spiro atoms. The lowest BCUT2D eigenvalue weighted by Crippen LogP contribution is -2.55. The lowest BCUT2D eigenvalue weighted by molar-refractivity contribution is -0.158. The summed E-state index contributed by atoms with van der Waals surface area (Å²) < 4.78 is 5.67. The number of phenolic OH excluding ortho intramolecular Hbond substituents is 1. The van der Waals surface area contributed by atoms with Gasteiger partial charge in [0.1, 0.15) is 23.4 Å². The maximum Gasteiger partial charge on any atom is 0.329 e. The van der Waals surface area contributed by atoms with Crippen LogP contribution in [0.2, 0.25) is 0 Å². The van der Waals surface area contributed by atoms with Crippen LogP contribution in [0.25, 0.3) is 0 Å². The number of urea groups is 1. The van der Waals surface area contributed by atoms with E-state index in [1.54, 1.807) is 32.9 Å². The van der Waals surface area contributed by atoms with Crippen molar-refractivity contribution in [3.05, 3.63) is 137 Å². The molecule has 0 bridgehead atoms. The van der Waals surface area contributed by atoms with Crippen molar-refractivity contribution in [2.45, 2.75) is 95.5 Å². The highest BCUT2D eigenvalue weighted by atomic mass is 16.6. The Bertz CT molecular complexity index is 1840. The van der Waals surface area contributed by atoms with Crippen LogP contribution in [0.4, 0.5) is 4.79 Å². The standard InChI is InChI=1S/C45H58N6O6/c1-31-20-24-35(25-21-31)45(33-14-7-5-8-15-33,34-16-9-6-10-17-34)49-29-12-11-19-38(50-40(53)37(46)18-13-28-48-43(47)56)41(54)51-39(42(55)57-44(2,3)4)30-32-22-26-36(52)27-23-32/h5-10,14-17,20-27,37-39,49,52H,11-13,18-19,28-30,46H2,1-4H3,(H,50,53)(H,51,54)(H3,47,48,56)/t37-,38-,39-/m0/s1. The van der Waals surface area contributed by atoms with Crippen molar-refractivity contribution in [1.82, 2.24) is 21.3 Å². The summed E-state index contributed by atoms with van der Waals surface area (Å²) in [5, 5.41) is 21.8. The average molecular weight is 779 g/mol. The van der Waals surface area contributed by atoms with Crippen LogP contribution < -0.4 is 32.7 Å². The van der Waals surface area contributed by atoms with Crippen LogP contribution in [-0.2, 0) is 31.1 Å². The van der Waals surface area contributed by atoms with Gasteiger partial charge in [0.2, 0.25) is 11.8 Å². The summed E-state index contributed by atoms with van der Waals surface area (Å²) in [7, 11) is 0. The molecule has 4 aromatic rings. The number of esters is 1. The van der Waals surface area contributed by atoms with E-state index in [-0.39, 0.29) is 31.6 Å². The third-order valence-corrected chi connectivity index (χ3v) is 9.55. The second-order valence-electron chi connectivity index (χ2n) is 15.3. The van der Waals surface area contributed by atoms with Crippen LogP contribution in [0.15, 0.2) is 109 Å². The van der Waals surface area contributed by atoms with Gasteiger partial charge in [0, 0.05) is 13.0 Å². The fourth-order valence-corrected chi connectivity index (χ4v) is 6.65. The van der Waals surface area contributed by atoms with Crippen molar-refractivity contribution >= 4 is 23.8 Å². The van der Waals surface area contributed by atoms with Crippen molar-refractivity contribution in [1.29, 1.82) is 0 Å². The zero-order chi connectivity index (χ0) is 41.4. The Morgan fingerprint density at radius 3 is 1.81 bits per heavy atom. The molecule has 0 fully saturated rings. The number of phenols is 1. The first-order valence-corrected chi connectivity index (χ1v) is 19.5. The van der Waals surface area contributed by atoms with E-state index in [2.05, 4.69) is 76.7 Å². The minimum absolute atomic E-state index is 0.0688. The molecule has 0 saturated heterocycles. The molecule has 0 aliphatic heterocycles. The van der Waals surface area contributed by atoms with E-state index in [0.29, 0.717) is 31.4 Å². The highest BCUT2D eigenvalue weighted by molar-refractivity contribution is 5.92. The summed E-state index contributed by atoms with van der Waals surface area (Å²) in [6, 6.07) is 31.7. The number of carbonyl (C=O) groups is 4. The number of aryl methyl sites for hydroxylation is 1. The molecule has 57 heavy (non-hydrogen) atoms. The molecule has 0 aliphatic carbocycles. The fraction of sp³-hybridized carbons (Fsp3) is 0.378. The zero-order valence-electron chi connectivity index (χ0n) is 33.4. The Hall–Kier alpha value is -5.72. The fourth-order valence-electron chi connectivity index (χ4n) is 6.65. The molecule has 4 aromatic carbocycles. The number of ether oxygens (including phenoxy) is 1. The first-order chi connectivity index (χ1) is 27.2. The van der Waals surface area contributed by atoms with Gasteiger partial charge in [-0.15, -0.1) is 0 Å². The molecule has 3 atom stereocenters. The van der Waals surface area contributed by atoms with Gasteiger partial charge in [0.25, 0.3) is 0 Å². The maximum absolute atomic E-state index is 14.1. The Morgan fingerprint density at radius 1 is 0.684 bits per heavy atom. The van der Waals surface area contributed by atoms with Gasteiger partial charge >= 0.3 is 12.0 Å². The van der Waals surface area contributed by atoms with E-state index >= 15 is 0 Å². The van der Waals surface area contributed by atoms with E-state index in [9.17, 15) is 24.3 Å². The second-order valence-corrected chi connectivity index (χ2v) is 15.3. The summed E-state index contributed by atoms with van der Waals surface area (Å²) in [5.74, 6) is -1.66. The molecule has 0 saturated carbocycles. The Kier molecular flexibility index (Phi) is 16.2. The molecule has 0 radical (unpaired) electrons. The molecular formula is C45H58N6O6. The van der Waals surface area contributed by atoms with Crippen LogP contribution in [-0.4, -0.2) is 65.7 Å². The van der Waals surface area contributed by atoms with Crippen LogP contribution in [0.5, 0.6) is 5.75 Å². The van der Waals surface area contributed by atoms with Crippen molar-refractivity contribution in [3.63, 3.8) is 0 Å². The number of nitrogens with two attached hydrogens (primary N) is 2. The third-order valence-electron chi connectivity index (χ3n) is 9.55. The molecule has 0 aliphatic rings. The predicted molar refractivity (Wildman–Crippen MR) is 222 cm³/mol. The van der Waals surface area contributed by atoms with E-state index in [1.165, 1.54) is 12.1 Å². The Morgan fingerprint density at radius 2 is 1.25 bits per heavy atom. The lowest BCUT2D eigenvalue weighted by Gasteiger charge is -2.37. The number of amides is 4. The maximum atomic E-state index is 14.1. The van der Waals surface area contributed by atoms with Crippen LogP contribution in [0.3, 0.4) is 0 Å². The van der Waals surface area contributed by atoms with Gasteiger partial charge < -0.3 is 37.3 Å². The predicted octanol–water partition coefficient (Wildman–Crippen LogP) is 5.08.